The average molecular weight is 380 g/mol. The molecular weight excluding hydrogens is 352 g/mol. The minimum Gasteiger partial charge on any atom is -0.489 e. The van der Waals surface area contributed by atoms with E-state index in [1.807, 2.05) is 50.2 Å². The van der Waals surface area contributed by atoms with E-state index in [-0.39, 0.29) is 17.9 Å². The van der Waals surface area contributed by atoms with Gasteiger partial charge in [0.05, 0.1) is 11.8 Å². The molecule has 1 heterocycles. The summed E-state index contributed by atoms with van der Waals surface area (Å²) in [7, 11) is 0. The van der Waals surface area contributed by atoms with Crippen molar-refractivity contribution in [1.29, 1.82) is 0 Å². The van der Waals surface area contributed by atoms with Crippen LogP contribution in [0, 0.1) is 5.41 Å². The van der Waals surface area contributed by atoms with Crippen molar-refractivity contribution in [3.05, 3.63) is 59.7 Å². The van der Waals surface area contributed by atoms with E-state index in [0.29, 0.717) is 24.5 Å². The number of benzene rings is 2. The molecule has 1 aliphatic rings. The Kier molecular flexibility index (Phi) is 5.73. The largest absolute Gasteiger partial charge is 0.489 e. The van der Waals surface area contributed by atoms with Crippen LogP contribution < -0.4 is 10.1 Å². The first-order valence-electron chi connectivity index (χ1n) is 9.72. The summed E-state index contributed by atoms with van der Waals surface area (Å²) >= 11 is 0. The fraction of sp³-hybridized carbons (Fsp3) is 0.391. The summed E-state index contributed by atoms with van der Waals surface area (Å²) in [6.07, 6.45) is 0.797. The van der Waals surface area contributed by atoms with Crippen LogP contribution >= 0.6 is 0 Å². The van der Waals surface area contributed by atoms with Gasteiger partial charge in [0, 0.05) is 13.1 Å². The lowest BCUT2D eigenvalue weighted by molar-refractivity contribution is -0.147. The van der Waals surface area contributed by atoms with E-state index >= 15 is 0 Å². The molecule has 2 amide bonds. The van der Waals surface area contributed by atoms with Gasteiger partial charge in [-0.3, -0.25) is 9.59 Å². The number of carbonyl (C=O) groups is 2. The van der Waals surface area contributed by atoms with Gasteiger partial charge < -0.3 is 15.0 Å². The number of para-hydroxylation sites is 2. The summed E-state index contributed by atoms with van der Waals surface area (Å²) in [4.78, 5) is 27.9. The highest BCUT2D eigenvalue weighted by Crippen LogP contribution is 2.30. The van der Waals surface area contributed by atoms with Gasteiger partial charge in [0.1, 0.15) is 11.2 Å². The highest BCUT2D eigenvalue weighted by molar-refractivity contribution is 6.10. The van der Waals surface area contributed by atoms with Gasteiger partial charge in [0.15, 0.2) is 0 Å². The third-order valence-corrected chi connectivity index (χ3v) is 5.02. The number of anilines is 1. The van der Waals surface area contributed by atoms with Crippen molar-refractivity contribution in [2.24, 2.45) is 5.41 Å². The monoisotopic (exact) mass is 380 g/mol. The first-order valence-corrected chi connectivity index (χ1v) is 9.72. The molecule has 2 aromatic carbocycles. The minimum absolute atomic E-state index is 0.0129. The molecule has 1 N–H and O–H groups in total. The number of carbonyl (C=O) groups excluding carboxylic acids is 2. The third kappa shape index (κ3) is 4.19. The number of ether oxygens (including phenoxy) is 1. The van der Waals surface area contributed by atoms with Crippen molar-refractivity contribution in [2.75, 3.05) is 11.9 Å². The molecular formula is C23H28N2O3. The van der Waals surface area contributed by atoms with Crippen LogP contribution in [-0.4, -0.2) is 29.4 Å². The van der Waals surface area contributed by atoms with Gasteiger partial charge in [-0.05, 0) is 57.4 Å². The highest BCUT2D eigenvalue weighted by atomic mass is 16.5. The number of nitrogens with zero attached hydrogens (tertiary/aromatic N) is 1. The number of fused-ring (bicyclic) bond motifs is 1. The Morgan fingerprint density at radius 3 is 2.39 bits per heavy atom. The second-order valence-corrected chi connectivity index (χ2v) is 7.99. The number of amides is 2. The Morgan fingerprint density at radius 1 is 1.04 bits per heavy atom. The zero-order valence-electron chi connectivity index (χ0n) is 17.0. The molecule has 5 heteroatoms. The Balaban J connectivity index is 1.74. The summed E-state index contributed by atoms with van der Waals surface area (Å²) in [6.45, 7) is 8.38. The van der Waals surface area contributed by atoms with E-state index in [1.54, 1.807) is 24.8 Å². The summed E-state index contributed by atoms with van der Waals surface area (Å²) in [5, 5.41) is 2.88. The van der Waals surface area contributed by atoms with Crippen LogP contribution in [0.3, 0.4) is 0 Å². The number of hydrogen-bond acceptors (Lipinski definition) is 3. The number of rotatable bonds is 5. The van der Waals surface area contributed by atoms with Crippen LogP contribution in [0.1, 0.15) is 38.8 Å². The van der Waals surface area contributed by atoms with Gasteiger partial charge in [-0.1, -0.05) is 36.4 Å². The van der Waals surface area contributed by atoms with E-state index in [4.69, 9.17) is 4.74 Å². The molecule has 0 saturated heterocycles. The SMILES string of the molecule is CC(C)Oc1ccccc1NC(=O)C(C)(C)C(=O)N1CCc2ccccc2C1. The van der Waals surface area contributed by atoms with Crippen molar-refractivity contribution < 1.29 is 14.3 Å². The molecule has 2 aromatic rings. The molecule has 0 atom stereocenters. The quantitative estimate of drug-likeness (QED) is 0.797. The molecule has 0 saturated carbocycles. The highest BCUT2D eigenvalue weighted by Gasteiger charge is 2.40. The second kappa shape index (κ2) is 8.05. The molecule has 5 nitrogen and oxygen atoms in total. The lowest BCUT2D eigenvalue weighted by Gasteiger charge is -2.34. The van der Waals surface area contributed by atoms with Crippen molar-refractivity contribution in [2.45, 2.75) is 46.8 Å². The maximum Gasteiger partial charge on any atom is 0.239 e. The van der Waals surface area contributed by atoms with Crippen molar-refractivity contribution >= 4 is 17.5 Å². The van der Waals surface area contributed by atoms with E-state index < -0.39 is 5.41 Å². The minimum atomic E-state index is -1.18. The molecule has 0 fully saturated rings. The fourth-order valence-corrected chi connectivity index (χ4v) is 3.37. The molecule has 0 unspecified atom stereocenters. The van der Waals surface area contributed by atoms with Gasteiger partial charge in [-0.15, -0.1) is 0 Å². The predicted octanol–water partition coefficient (Wildman–Crippen LogP) is 4.02. The first-order chi connectivity index (χ1) is 13.3. The fourth-order valence-electron chi connectivity index (χ4n) is 3.37. The van der Waals surface area contributed by atoms with E-state index in [1.165, 1.54) is 5.56 Å². The van der Waals surface area contributed by atoms with Gasteiger partial charge in [0.25, 0.3) is 0 Å². The van der Waals surface area contributed by atoms with Gasteiger partial charge in [-0.2, -0.15) is 0 Å². The van der Waals surface area contributed by atoms with Gasteiger partial charge >= 0.3 is 0 Å². The van der Waals surface area contributed by atoms with Gasteiger partial charge in [-0.25, -0.2) is 0 Å². The van der Waals surface area contributed by atoms with E-state index in [0.717, 1.165) is 12.0 Å². The Morgan fingerprint density at radius 2 is 1.68 bits per heavy atom. The van der Waals surface area contributed by atoms with Crippen LogP contribution in [0.4, 0.5) is 5.69 Å². The van der Waals surface area contributed by atoms with Crippen molar-refractivity contribution in [3.8, 4) is 5.75 Å². The first kappa shape index (κ1) is 19.9. The van der Waals surface area contributed by atoms with Crippen molar-refractivity contribution in [1.82, 2.24) is 4.90 Å². The van der Waals surface area contributed by atoms with Crippen LogP contribution in [0.15, 0.2) is 48.5 Å². The zero-order chi connectivity index (χ0) is 20.3. The summed E-state index contributed by atoms with van der Waals surface area (Å²) in [6, 6.07) is 15.4. The smallest absolute Gasteiger partial charge is 0.239 e. The molecule has 0 aliphatic carbocycles. The Labute approximate surface area is 166 Å². The lowest BCUT2D eigenvalue weighted by atomic mass is 9.88. The molecule has 3 rings (SSSR count). The molecule has 0 bridgehead atoms. The number of hydrogen-bond donors (Lipinski definition) is 1. The Hall–Kier alpha value is -2.82. The molecule has 0 radical (unpaired) electrons. The van der Waals surface area contributed by atoms with Gasteiger partial charge in [0.2, 0.25) is 11.8 Å². The second-order valence-electron chi connectivity index (χ2n) is 7.99. The molecule has 28 heavy (non-hydrogen) atoms. The molecule has 148 valence electrons. The lowest BCUT2D eigenvalue weighted by Crippen LogP contribution is -2.48. The standard InChI is InChI=1S/C23H28N2O3/c1-16(2)28-20-12-8-7-11-19(20)24-21(26)23(3,4)22(27)25-14-13-17-9-5-6-10-18(17)15-25/h5-12,16H,13-15H2,1-4H3,(H,24,26). The van der Waals surface area contributed by atoms with E-state index in [2.05, 4.69) is 11.4 Å². The zero-order valence-corrected chi connectivity index (χ0v) is 17.0. The van der Waals surface area contributed by atoms with Crippen LogP contribution in [0.2, 0.25) is 0 Å². The maximum absolute atomic E-state index is 13.2. The molecule has 0 spiro atoms. The molecule has 0 aromatic heterocycles. The third-order valence-electron chi connectivity index (χ3n) is 5.02. The Bertz CT molecular complexity index is 874. The van der Waals surface area contributed by atoms with Crippen LogP contribution in [-0.2, 0) is 22.6 Å². The summed E-state index contributed by atoms with van der Waals surface area (Å²) in [5.74, 6) is 0.0962. The predicted molar refractivity (Wildman–Crippen MR) is 110 cm³/mol. The van der Waals surface area contributed by atoms with Crippen LogP contribution in [0.5, 0.6) is 5.75 Å². The summed E-state index contributed by atoms with van der Waals surface area (Å²) < 4.78 is 5.76. The number of nitrogens with one attached hydrogen (secondary N) is 1. The van der Waals surface area contributed by atoms with Crippen LogP contribution in [0.25, 0.3) is 0 Å². The maximum atomic E-state index is 13.2. The van der Waals surface area contributed by atoms with Crippen molar-refractivity contribution in [3.63, 3.8) is 0 Å². The topological polar surface area (TPSA) is 58.6 Å². The summed E-state index contributed by atoms with van der Waals surface area (Å²) in [5.41, 5.74) is 1.81. The molecule has 1 aliphatic heterocycles. The average Bonchev–Trinajstić information content (AvgIpc) is 2.68. The normalized spacial score (nSPS) is 13.8. The van der Waals surface area contributed by atoms with E-state index in [9.17, 15) is 9.59 Å².